The Morgan fingerprint density at radius 3 is 2.60 bits per heavy atom. The molecule has 0 aliphatic carbocycles. The van der Waals surface area contributed by atoms with E-state index in [2.05, 4.69) is 46.5 Å². The molecule has 2 atom stereocenters. The molecule has 1 aliphatic heterocycles. The first-order valence-electron chi connectivity index (χ1n) is 13.6. The number of nitrogens with zero attached hydrogens (tertiary/aromatic N) is 3. The molecule has 0 bridgehead atoms. The van der Waals surface area contributed by atoms with Crippen molar-refractivity contribution >= 4 is 35.1 Å². The van der Waals surface area contributed by atoms with Crippen molar-refractivity contribution in [2.45, 2.75) is 44.9 Å². The smallest absolute Gasteiger partial charge is 0.345 e. The molecule has 2 aromatic heterocycles. The van der Waals surface area contributed by atoms with Gasteiger partial charge in [0.1, 0.15) is 17.5 Å². The van der Waals surface area contributed by atoms with Crippen molar-refractivity contribution in [2.75, 3.05) is 18.0 Å². The standard InChI is InChI=1S/C31H30F4N4O2S/c1-17-5-18(2)15-39(14-17)28-10-22(32)9-27(38-28)25-4-3-20-12-36-23(11-26(20)29(25)33)13-37-30(40)21-6-19(7-24(42)8-21)16-41-31(34)35/h3-4,6-12,17-18,31,42H,5,13-16H2,1-2H3,(H,37,40). The molecule has 1 saturated heterocycles. The average Bonchev–Trinajstić information content (AvgIpc) is 2.94. The van der Waals surface area contributed by atoms with Gasteiger partial charge in [-0.2, -0.15) is 8.78 Å². The third-order valence-electron chi connectivity index (χ3n) is 7.19. The van der Waals surface area contributed by atoms with Crippen LogP contribution in [0.5, 0.6) is 0 Å². The minimum atomic E-state index is -2.94. The van der Waals surface area contributed by atoms with Gasteiger partial charge in [0.15, 0.2) is 0 Å². The highest BCUT2D eigenvalue weighted by atomic mass is 32.1. The molecule has 1 fully saturated rings. The number of anilines is 1. The van der Waals surface area contributed by atoms with Crippen molar-refractivity contribution in [1.82, 2.24) is 15.3 Å². The number of rotatable bonds is 8. The number of hydrogen-bond acceptors (Lipinski definition) is 6. The number of amides is 1. The van der Waals surface area contributed by atoms with Gasteiger partial charge in [0.25, 0.3) is 5.91 Å². The highest BCUT2D eigenvalue weighted by Gasteiger charge is 2.24. The normalized spacial score (nSPS) is 17.2. The van der Waals surface area contributed by atoms with E-state index in [9.17, 15) is 18.0 Å². The molecular weight excluding hydrogens is 568 g/mol. The lowest BCUT2D eigenvalue weighted by molar-refractivity contribution is -0.137. The van der Waals surface area contributed by atoms with E-state index in [4.69, 9.17) is 0 Å². The quantitative estimate of drug-likeness (QED) is 0.169. The largest absolute Gasteiger partial charge is 0.356 e. The van der Waals surface area contributed by atoms with E-state index in [1.165, 1.54) is 42.6 Å². The lowest BCUT2D eigenvalue weighted by Gasteiger charge is -2.36. The number of carbonyl (C=O) groups is 1. The fraction of sp³-hybridized carbons (Fsp3) is 0.323. The third kappa shape index (κ3) is 7.01. The first-order valence-corrected chi connectivity index (χ1v) is 14.0. The predicted molar refractivity (Wildman–Crippen MR) is 156 cm³/mol. The summed E-state index contributed by atoms with van der Waals surface area (Å²) in [7, 11) is 0. The lowest BCUT2D eigenvalue weighted by atomic mass is 9.92. The Labute approximate surface area is 246 Å². The molecule has 5 rings (SSSR count). The number of halogens is 4. The molecular formula is C31H30F4N4O2S. The summed E-state index contributed by atoms with van der Waals surface area (Å²) < 4.78 is 59.8. The Morgan fingerprint density at radius 2 is 1.86 bits per heavy atom. The average molecular weight is 599 g/mol. The molecule has 2 aromatic carbocycles. The van der Waals surface area contributed by atoms with Gasteiger partial charge in [0, 0.05) is 58.2 Å². The van der Waals surface area contributed by atoms with Gasteiger partial charge >= 0.3 is 6.61 Å². The Hall–Kier alpha value is -3.70. The zero-order valence-corrected chi connectivity index (χ0v) is 24.0. The van der Waals surface area contributed by atoms with E-state index in [0.717, 1.165) is 19.5 Å². The number of thiol groups is 1. The van der Waals surface area contributed by atoms with E-state index in [-0.39, 0.29) is 35.4 Å². The van der Waals surface area contributed by atoms with Crippen LogP contribution in [0.2, 0.25) is 0 Å². The molecule has 1 N–H and O–H groups in total. The number of carbonyl (C=O) groups excluding carboxylic acids is 1. The number of aromatic nitrogens is 2. The third-order valence-corrected chi connectivity index (χ3v) is 7.44. The number of pyridine rings is 2. The van der Waals surface area contributed by atoms with Gasteiger partial charge in [0.2, 0.25) is 0 Å². The maximum atomic E-state index is 15.9. The first-order chi connectivity index (χ1) is 20.0. The zero-order chi connectivity index (χ0) is 30.0. The van der Waals surface area contributed by atoms with Gasteiger partial charge < -0.3 is 15.0 Å². The second-order valence-corrected chi connectivity index (χ2v) is 11.4. The molecule has 0 spiro atoms. The van der Waals surface area contributed by atoms with Crippen LogP contribution in [-0.4, -0.2) is 35.6 Å². The topological polar surface area (TPSA) is 67.4 Å². The van der Waals surface area contributed by atoms with Crippen LogP contribution in [0.4, 0.5) is 23.4 Å². The molecule has 3 heterocycles. The van der Waals surface area contributed by atoms with Crippen LogP contribution < -0.4 is 10.2 Å². The van der Waals surface area contributed by atoms with Crippen molar-refractivity contribution in [3.8, 4) is 11.3 Å². The maximum absolute atomic E-state index is 15.9. The molecule has 6 nitrogen and oxygen atoms in total. The fourth-order valence-electron chi connectivity index (χ4n) is 5.47. The number of alkyl halides is 2. The van der Waals surface area contributed by atoms with E-state index in [1.54, 1.807) is 12.1 Å². The number of ether oxygens (including phenoxy) is 1. The summed E-state index contributed by atoms with van der Waals surface area (Å²) in [4.78, 5) is 24.2. The van der Waals surface area contributed by atoms with Crippen LogP contribution in [0.25, 0.3) is 22.0 Å². The van der Waals surface area contributed by atoms with E-state index in [0.29, 0.717) is 39.2 Å². The summed E-state index contributed by atoms with van der Waals surface area (Å²) in [5.74, 6) is -0.191. The van der Waals surface area contributed by atoms with Crippen molar-refractivity contribution in [3.05, 3.63) is 83.2 Å². The monoisotopic (exact) mass is 598 g/mol. The summed E-state index contributed by atoms with van der Waals surface area (Å²) in [5, 5.41) is 3.50. The fourth-order valence-corrected chi connectivity index (χ4v) is 5.78. The summed E-state index contributed by atoms with van der Waals surface area (Å²) in [5.41, 5.74) is 1.31. The Balaban J connectivity index is 1.37. The van der Waals surface area contributed by atoms with Crippen molar-refractivity contribution in [3.63, 3.8) is 0 Å². The number of nitrogens with one attached hydrogen (secondary N) is 1. The number of fused-ring (bicyclic) bond motifs is 1. The van der Waals surface area contributed by atoms with Crippen LogP contribution in [0.3, 0.4) is 0 Å². The molecule has 0 saturated carbocycles. The Kier molecular flexibility index (Phi) is 8.98. The van der Waals surface area contributed by atoms with Gasteiger partial charge in [-0.15, -0.1) is 12.6 Å². The second kappa shape index (κ2) is 12.7. The molecule has 2 unspecified atom stereocenters. The lowest BCUT2D eigenvalue weighted by Crippen LogP contribution is -2.39. The molecule has 42 heavy (non-hydrogen) atoms. The summed E-state index contributed by atoms with van der Waals surface area (Å²) in [6, 6.07) is 11.9. The highest BCUT2D eigenvalue weighted by molar-refractivity contribution is 7.80. The predicted octanol–water partition coefficient (Wildman–Crippen LogP) is 7.02. The van der Waals surface area contributed by atoms with Crippen LogP contribution in [0.1, 0.15) is 41.9 Å². The molecule has 1 amide bonds. The van der Waals surface area contributed by atoms with E-state index in [1.807, 2.05) is 4.90 Å². The van der Waals surface area contributed by atoms with Crippen molar-refractivity contribution in [1.29, 1.82) is 0 Å². The summed E-state index contributed by atoms with van der Waals surface area (Å²) in [6.45, 7) is 2.48. The van der Waals surface area contributed by atoms with Crippen molar-refractivity contribution in [2.24, 2.45) is 11.8 Å². The number of benzene rings is 2. The molecule has 4 aromatic rings. The molecule has 11 heteroatoms. The van der Waals surface area contributed by atoms with E-state index < -0.39 is 24.2 Å². The van der Waals surface area contributed by atoms with E-state index >= 15 is 4.39 Å². The summed E-state index contributed by atoms with van der Waals surface area (Å²) in [6.07, 6.45) is 2.59. The number of piperidine rings is 1. The van der Waals surface area contributed by atoms with Crippen LogP contribution in [0, 0.1) is 23.5 Å². The minimum Gasteiger partial charge on any atom is -0.356 e. The zero-order valence-electron chi connectivity index (χ0n) is 23.1. The van der Waals surface area contributed by atoms with Gasteiger partial charge in [-0.3, -0.25) is 9.78 Å². The van der Waals surface area contributed by atoms with Crippen LogP contribution in [-0.2, 0) is 17.9 Å². The SMILES string of the molecule is CC1CC(C)CN(c2cc(F)cc(-c3ccc4cnc(CNC(=O)c5cc(S)cc(COC(F)F)c5)cc4c3F)n2)C1. The molecule has 1 aliphatic rings. The van der Waals surface area contributed by atoms with Gasteiger partial charge in [0.05, 0.1) is 24.5 Å². The maximum Gasteiger partial charge on any atom is 0.345 e. The Bertz CT molecular complexity index is 1610. The van der Waals surface area contributed by atoms with Gasteiger partial charge in [-0.05, 0) is 54.2 Å². The Morgan fingerprint density at radius 1 is 1.10 bits per heavy atom. The first kappa shape index (κ1) is 29.8. The van der Waals surface area contributed by atoms with Crippen molar-refractivity contribution < 1.29 is 27.1 Å². The molecule has 220 valence electrons. The van der Waals surface area contributed by atoms with Crippen LogP contribution in [0.15, 0.2) is 59.6 Å². The van der Waals surface area contributed by atoms with Crippen LogP contribution >= 0.6 is 12.6 Å². The highest BCUT2D eigenvalue weighted by Crippen LogP contribution is 2.32. The van der Waals surface area contributed by atoms with Gasteiger partial charge in [-0.1, -0.05) is 19.9 Å². The second-order valence-electron chi connectivity index (χ2n) is 10.8. The molecule has 0 radical (unpaired) electrons. The number of hydrogen-bond donors (Lipinski definition) is 2. The minimum absolute atomic E-state index is 0.0220. The van der Waals surface area contributed by atoms with Gasteiger partial charge in [-0.25, -0.2) is 13.8 Å². The summed E-state index contributed by atoms with van der Waals surface area (Å²) >= 11 is 4.23.